The van der Waals surface area contributed by atoms with Gasteiger partial charge < -0.3 is 10.2 Å². The Bertz CT molecular complexity index is 1220. The summed E-state index contributed by atoms with van der Waals surface area (Å²) in [5, 5.41) is 4.95. The van der Waals surface area contributed by atoms with Crippen molar-refractivity contribution in [3.8, 4) is 11.1 Å². The fourth-order valence-corrected chi connectivity index (χ4v) is 4.04. The van der Waals surface area contributed by atoms with Crippen LogP contribution in [0, 0.1) is 5.82 Å². The number of fused-ring (bicyclic) bond motifs is 1. The maximum absolute atomic E-state index is 13.6. The number of hydrogen-bond acceptors (Lipinski definition) is 5. The van der Waals surface area contributed by atoms with E-state index in [0.717, 1.165) is 11.1 Å². The summed E-state index contributed by atoms with van der Waals surface area (Å²) in [7, 11) is 0. The van der Waals surface area contributed by atoms with Gasteiger partial charge in [-0.3, -0.25) is 14.9 Å². The van der Waals surface area contributed by atoms with Crippen molar-refractivity contribution >= 4 is 17.8 Å². The quantitative estimate of drug-likeness (QED) is 0.632. The first kappa shape index (κ1) is 18.9. The average Bonchev–Trinajstić information content (AvgIpc) is 3.24. The minimum atomic E-state index is -1.46. The first-order valence-electron chi connectivity index (χ1n) is 9.53. The van der Waals surface area contributed by atoms with Crippen molar-refractivity contribution in [3.05, 3.63) is 83.7 Å². The summed E-state index contributed by atoms with van der Waals surface area (Å²) in [5.74, 6) is -1.44. The number of imide groups is 1. The Balaban J connectivity index is 1.49. The van der Waals surface area contributed by atoms with Gasteiger partial charge in [-0.15, -0.1) is 0 Å². The monoisotopic (exact) mass is 417 g/mol. The van der Waals surface area contributed by atoms with Gasteiger partial charge in [0.25, 0.3) is 11.8 Å². The molecule has 8 nitrogen and oxygen atoms in total. The van der Waals surface area contributed by atoms with E-state index in [4.69, 9.17) is 0 Å². The number of urea groups is 1. The van der Waals surface area contributed by atoms with Crippen LogP contribution in [-0.2, 0) is 16.9 Å². The van der Waals surface area contributed by atoms with Gasteiger partial charge in [0.05, 0.1) is 6.54 Å². The zero-order valence-corrected chi connectivity index (χ0v) is 16.1. The molecule has 5 rings (SSSR count). The molecule has 2 aliphatic heterocycles. The van der Waals surface area contributed by atoms with Crippen molar-refractivity contribution in [2.45, 2.75) is 12.1 Å². The minimum Gasteiger partial charge on any atom is -0.331 e. The molecule has 0 radical (unpaired) electrons. The van der Waals surface area contributed by atoms with Crippen LogP contribution in [-0.4, -0.2) is 39.3 Å². The maximum atomic E-state index is 13.6. The van der Waals surface area contributed by atoms with Gasteiger partial charge in [0.15, 0.2) is 5.54 Å². The average molecular weight is 417 g/mol. The predicted octanol–water partition coefficient (Wildman–Crippen LogP) is 1.97. The molecule has 1 atom stereocenters. The smallest absolute Gasteiger partial charge is 0.322 e. The highest BCUT2D eigenvalue weighted by Gasteiger charge is 2.50. The van der Waals surface area contributed by atoms with Crippen LogP contribution in [0.1, 0.15) is 21.5 Å². The zero-order valence-electron chi connectivity index (χ0n) is 16.1. The Kier molecular flexibility index (Phi) is 4.25. The summed E-state index contributed by atoms with van der Waals surface area (Å²) >= 11 is 0. The number of amides is 4. The maximum Gasteiger partial charge on any atom is 0.322 e. The topological polar surface area (TPSA) is 104 Å². The van der Waals surface area contributed by atoms with E-state index in [1.165, 1.54) is 23.4 Å². The molecule has 31 heavy (non-hydrogen) atoms. The van der Waals surface area contributed by atoms with E-state index in [-0.39, 0.29) is 24.6 Å². The van der Waals surface area contributed by atoms with Crippen LogP contribution in [0.4, 0.5) is 9.18 Å². The van der Waals surface area contributed by atoms with Crippen LogP contribution in [0.25, 0.3) is 11.1 Å². The van der Waals surface area contributed by atoms with Gasteiger partial charge in [0.2, 0.25) is 0 Å². The molecular formula is C22H16FN5O3. The Morgan fingerprint density at radius 1 is 1.00 bits per heavy atom. The first-order chi connectivity index (χ1) is 15.0. The van der Waals surface area contributed by atoms with Crippen LogP contribution in [0.2, 0.25) is 0 Å². The molecule has 2 N–H and O–H groups in total. The van der Waals surface area contributed by atoms with Gasteiger partial charge in [-0.1, -0.05) is 30.3 Å². The number of carbonyl (C=O) groups is 3. The molecule has 154 valence electrons. The largest absolute Gasteiger partial charge is 0.331 e. The van der Waals surface area contributed by atoms with Crippen LogP contribution in [0.5, 0.6) is 0 Å². The predicted molar refractivity (Wildman–Crippen MR) is 107 cm³/mol. The van der Waals surface area contributed by atoms with Crippen LogP contribution in [0.3, 0.4) is 0 Å². The van der Waals surface area contributed by atoms with E-state index in [1.807, 2.05) is 0 Å². The number of rotatable bonds is 4. The Labute approximate surface area is 176 Å². The molecule has 1 fully saturated rings. The fraction of sp³-hybridized carbons (Fsp3) is 0.136. The molecule has 4 amide bonds. The Hall–Kier alpha value is -4.14. The van der Waals surface area contributed by atoms with E-state index in [0.29, 0.717) is 11.1 Å². The number of nitrogens with one attached hydrogen (secondary N) is 2. The number of hydrogen-bond donors (Lipinski definition) is 2. The lowest BCUT2D eigenvalue weighted by molar-refractivity contribution is -0.124. The summed E-state index contributed by atoms with van der Waals surface area (Å²) in [6, 6.07) is 10.4. The second kappa shape index (κ2) is 6.98. The van der Waals surface area contributed by atoms with Gasteiger partial charge >= 0.3 is 6.03 Å². The normalized spacial score (nSPS) is 19.9. The lowest BCUT2D eigenvalue weighted by Crippen LogP contribution is -2.52. The molecule has 0 aliphatic carbocycles. The molecular weight excluding hydrogens is 401 g/mol. The van der Waals surface area contributed by atoms with Gasteiger partial charge in [0.1, 0.15) is 12.1 Å². The zero-order chi connectivity index (χ0) is 21.6. The Morgan fingerprint density at radius 3 is 2.42 bits per heavy atom. The first-order valence-corrected chi connectivity index (χ1v) is 9.53. The number of carbonyl (C=O) groups excluding carboxylic acids is 3. The standard InChI is InChI=1S/C22H16FN5O3/c23-17-6-3-14-10-28(19(29)18(14)7-17)11-22(20(30)26-21(31)27-22)16-4-1-13(2-5-16)15-8-24-12-25-9-15/h1-9,12H,10-11H2,(H2,26,27,30,31). The second-order valence-corrected chi connectivity index (χ2v) is 7.48. The number of benzene rings is 2. The van der Waals surface area contributed by atoms with Crippen LogP contribution in [0.15, 0.2) is 61.2 Å². The third-order valence-corrected chi connectivity index (χ3v) is 5.59. The van der Waals surface area contributed by atoms with Crippen molar-refractivity contribution < 1.29 is 18.8 Å². The molecule has 2 aliphatic rings. The van der Waals surface area contributed by atoms with Crippen LogP contribution < -0.4 is 10.6 Å². The fourth-order valence-electron chi connectivity index (χ4n) is 4.04. The summed E-state index contributed by atoms with van der Waals surface area (Å²) in [5.41, 5.74) is 1.63. The Morgan fingerprint density at radius 2 is 1.74 bits per heavy atom. The third-order valence-electron chi connectivity index (χ3n) is 5.59. The van der Waals surface area contributed by atoms with Gasteiger partial charge in [0, 0.05) is 30.1 Å². The van der Waals surface area contributed by atoms with E-state index in [1.54, 1.807) is 42.7 Å². The lowest BCUT2D eigenvalue weighted by Gasteiger charge is -2.31. The molecule has 9 heteroatoms. The summed E-state index contributed by atoms with van der Waals surface area (Å²) < 4.78 is 13.6. The van der Waals surface area contributed by atoms with Crippen molar-refractivity contribution in [1.82, 2.24) is 25.5 Å². The second-order valence-electron chi connectivity index (χ2n) is 7.48. The molecule has 1 saturated heterocycles. The SMILES string of the molecule is O=C1NC(=O)C(CN2Cc3ccc(F)cc3C2=O)(c2ccc(-c3cncnc3)cc2)N1. The molecule has 3 heterocycles. The molecule has 0 spiro atoms. The number of nitrogens with zero attached hydrogens (tertiary/aromatic N) is 3. The third kappa shape index (κ3) is 3.10. The number of aromatic nitrogens is 2. The summed E-state index contributed by atoms with van der Waals surface area (Å²) in [6.45, 7) is 0.131. The number of halogens is 1. The van der Waals surface area contributed by atoms with E-state index in [2.05, 4.69) is 20.6 Å². The van der Waals surface area contributed by atoms with Crippen molar-refractivity contribution in [2.75, 3.05) is 6.54 Å². The van der Waals surface area contributed by atoms with Gasteiger partial charge in [-0.25, -0.2) is 19.2 Å². The van der Waals surface area contributed by atoms with E-state index < -0.39 is 23.3 Å². The van der Waals surface area contributed by atoms with Crippen LogP contribution >= 0.6 is 0 Å². The van der Waals surface area contributed by atoms with Crippen molar-refractivity contribution in [1.29, 1.82) is 0 Å². The van der Waals surface area contributed by atoms with Crippen molar-refractivity contribution in [2.24, 2.45) is 0 Å². The highest BCUT2D eigenvalue weighted by atomic mass is 19.1. The van der Waals surface area contributed by atoms with Gasteiger partial charge in [-0.2, -0.15) is 0 Å². The van der Waals surface area contributed by atoms with E-state index in [9.17, 15) is 18.8 Å². The summed E-state index contributed by atoms with van der Waals surface area (Å²) in [4.78, 5) is 47.2. The highest BCUT2D eigenvalue weighted by Crippen LogP contribution is 2.32. The lowest BCUT2D eigenvalue weighted by atomic mass is 9.88. The molecule has 1 aromatic heterocycles. The highest BCUT2D eigenvalue weighted by molar-refractivity contribution is 6.08. The molecule has 3 aromatic rings. The summed E-state index contributed by atoms with van der Waals surface area (Å²) in [6.07, 6.45) is 4.77. The molecule has 0 bridgehead atoms. The molecule has 0 saturated carbocycles. The molecule has 1 unspecified atom stereocenters. The molecule has 2 aromatic carbocycles. The van der Waals surface area contributed by atoms with Crippen molar-refractivity contribution in [3.63, 3.8) is 0 Å². The minimum absolute atomic E-state index is 0.0898. The van der Waals surface area contributed by atoms with Gasteiger partial charge in [-0.05, 0) is 28.8 Å². The van der Waals surface area contributed by atoms with E-state index >= 15 is 0 Å².